The van der Waals surface area contributed by atoms with Gasteiger partial charge >= 0.3 is 0 Å². The van der Waals surface area contributed by atoms with Crippen LogP contribution in [-0.2, 0) is 0 Å². The minimum absolute atomic E-state index is 0.0140. The van der Waals surface area contributed by atoms with E-state index in [1.165, 1.54) is 5.56 Å². The molecular weight excluding hydrogens is 464 g/mol. The standard InChI is InChI=1S/C25H25BrN2O2.C2H6/c1-17-15-19(9-12-23(17)30-2)25-27-22-11-10-20(26)16-21(22)24(28(25)13-6-14-29)18-7-4-3-5-8-18;1-2/h3-5,7-12,15-16,24,29H,6,13-14H2,1-2H3;1-2H3. The molecule has 1 heterocycles. The first-order valence-corrected chi connectivity index (χ1v) is 11.9. The van der Waals surface area contributed by atoms with Crippen molar-refractivity contribution in [2.45, 2.75) is 33.2 Å². The number of rotatable bonds is 6. The predicted octanol–water partition coefficient (Wildman–Crippen LogP) is 6.66. The van der Waals surface area contributed by atoms with Gasteiger partial charge in [0.15, 0.2) is 0 Å². The van der Waals surface area contributed by atoms with Crippen molar-refractivity contribution < 1.29 is 9.84 Å². The Hall–Kier alpha value is -2.63. The average molecular weight is 495 g/mol. The molecule has 0 saturated carbocycles. The van der Waals surface area contributed by atoms with E-state index in [-0.39, 0.29) is 12.6 Å². The van der Waals surface area contributed by atoms with Crippen molar-refractivity contribution in [3.05, 3.63) is 93.5 Å². The molecule has 1 N–H and O–H groups in total. The SMILES string of the molecule is CC.COc1ccc(C2=Nc3ccc(Br)cc3C(c3ccccc3)N2CCCO)cc1C. The third-order valence-electron chi connectivity index (χ3n) is 5.42. The Kier molecular flexibility index (Phi) is 8.48. The Balaban J connectivity index is 0.00000141. The molecule has 0 bridgehead atoms. The van der Waals surface area contributed by atoms with E-state index in [9.17, 15) is 5.11 Å². The number of aryl methyl sites for hydroxylation is 1. The fourth-order valence-corrected chi connectivity index (χ4v) is 4.41. The lowest BCUT2D eigenvalue weighted by molar-refractivity contribution is 0.254. The molecule has 0 saturated heterocycles. The van der Waals surface area contributed by atoms with Crippen LogP contribution in [0.4, 0.5) is 5.69 Å². The molecule has 1 unspecified atom stereocenters. The summed E-state index contributed by atoms with van der Waals surface area (Å²) in [5.41, 5.74) is 5.43. The molecule has 0 radical (unpaired) electrons. The summed E-state index contributed by atoms with van der Waals surface area (Å²) in [6.07, 6.45) is 0.667. The third kappa shape index (κ3) is 5.05. The number of methoxy groups -OCH3 is 1. The van der Waals surface area contributed by atoms with Gasteiger partial charge in [0.05, 0.1) is 18.8 Å². The van der Waals surface area contributed by atoms with Crippen molar-refractivity contribution in [2.75, 3.05) is 20.3 Å². The van der Waals surface area contributed by atoms with Gasteiger partial charge in [-0.3, -0.25) is 0 Å². The van der Waals surface area contributed by atoms with Crippen LogP contribution in [0.15, 0.2) is 76.2 Å². The molecule has 3 aromatic rings. The first-order valence-electron chi connectivity index (χ1n) is 11.1. The van der Waals surface area contributed by atoms with Crippen LogP contribution in [-0.4, -0.2) is 36.1 Å². The van der Waals surface area contributed by atoms with E-state index in [2.05, 4.69) is 69.4 Å². The summed E-state index contributed by atoms with van der Waals surface area (Å²) in [4.78, 5) is 7.37. The first kappa shape index (κ1) is 24.0. The number of halogens is 1. The second-order valence-corrected chi connectivity index (χ2v) is 8.32. The zero-order valence-electron chi connectivity index (χ0n) is 19.2. The largest absolute Gasteiger partial charge is 0.496 e. The monoisotopic (exact) mass is 494 g/mol. The highest BCUT2D eigenvalue weighted by atomic mass is 79.9. The second-order valence-electron chi connectivity index (χ2n) is 7.41. The van der Waals surface area contributed by atoms with Crippen LogP contribution < -0.4 is 4.74 Å². The van der Waals surface area contributed by atoms with Gasteiger partial charge in [0.1, 0.15) is 11.6 Å². The molecule has 0 fully saturated rings. The second kappa shape index (κ2) is 11.3. The van der Waals surface area contributed by atoms with Crippen LogP contribution >= 0.6 is 15.9 Å². The van der Waals surface area contributed by atoms with Gasteiger partial charge in [0.2, 0.25) is 0 Å². The lowest BCUT2D eigenvalue weighted by Crippen LogP contribution is -2.39. The van der Waals surface area contributed by atoms with Gasteiger partial charge in [-0.2, -0.15) is 0 Å². The molecule has 0 aliphatic carbocycles. The van der Waals surface area contributed by atoms with E-state index < -0.39 is 0 Å². The highest BCUT2D eigenvalue weighted by Gasteiger charge is 2.32. The number of hydrogen-bond donors (Lipinski definition) is 1. The molecule has 4 rings (SSSR count). The maximum atomic E-state index is 9.57. The number of aliphatic hydroxyl groups is 1. The fourth-order valence-electron chi connectivity index (χ4n) is 4.03. The summed E-state index contributed by atoms with van der Waals surface area (Å²) in [6, 6.07) is 22.9. The maximum absolute atomic E-state index is 9.57. The zero-order valence-corrected chi connectivity index (χ0v) is 20.8. The number of hydrogen-bond acceptors (Lipinski definition) is 4. The molecule has 0 spiro atoms. The quantitative estimate of drug-likeness (QED) is 0.416. The lowest BCUT2D eigenvalue weighted by atomic mass is 9.92. The molecule has 3 aromatic carbocycles. The Morgan fingerprint density at radius 2 is 1.78 bits per heavy atom. The van der Waals surface area contributed by atoms with Crippen LogP contribution in [0, 0.1) is 6.92 Å². The Bertz CT molecular complexity index is 1070. The number of aliphatic hydroxyl groups excluding tert-OH is 1. The highest BCUT2D eigenvalue weighted by molar-refractivity contribution is 9.10. The zero-order chi connectivity index (χ0) is 23.1. The maximum Gasteiger partial charge on any atom is 0.137 e. The number of nitrogens with zero attached hydrogens (tertiary/aromatic N) is 2. The van der Waals surface area contributed by atoms with Crippen molar-refractivity contribution in [3.8, 4) is 5.75 Å². The molecule has 168 valence electrons. The number of aliphatic imine (C=N–C) groups is 1. The van der Waals surface area contributed by atoms with E-state index >= 15 is 0 Å². The van der Waals surface area contributed by atoms with Crippen LogP contribution in [0.2, 0.25) is 0 Å². The molecule has 5 heteroatoms. The molecule has 4 nitrogen and oxygen atoms in total. The third-order valence-corrected chi connectivity index (χ3v) is 5.91. The van der Waals surface area contributed by atoms with Gasteiger partial charge in [-0.05, 0) is 60.9 Å². The number of fused-ring (bicyclic) bond motifs is 1. The summed E-state index contributed by atoms with van der Waals surface area (Å²) in [7, 11) is 1.69. The van der Waals surface area contributed by atoms with Crippen molar-refractivity contribution in [3.63, 3.8) is 0 Å². The minimum Gasteiger partial charge on any atom is -0.496 e. The smallest absolute Gasteiger partial charge is 0.137 e. The van der Waals surface area contributed by atoms with Gasteiger partial charge in [-0.15, -0.1) is 0 Å². The van der Waals surface area contributed by atoms with E-state index in [0.717, 1.165) is 38.4 Å². The molecule has 0 amide bonds. The summed E-state index contributed by atoms with van der Waals surface area (Å²) < 4.78 is 6.48. The number of amidine groups is 1. The highest BCUT2D eigenvalue weighted by Crippen LogP contribution is 2.41. The Morgan fingerprint density at radius 3 is 2.44 bits per heavy atom. The van der Waals surface area contributed by atoms with Crippen molar-refractivity contribution in [1.82, 2.24) is 4.90 Å². The van der Waals surface area contributed by atoms with Crippen LogP contribution in [0.25, 0.3) is 0 Å². The van der Waals surface area contributed by atoms with E-state index in [0.29, 0.717) is 13.0 Å². The molecular formula is C27H31BrN2O2. The van der Waals surface area contributed by atoms with Gasteiger partial charge in [-0.25, -0.2) is 4.99 Å². The van der Waals surface area contributed by atoms with Gasteiger partial charge in [0.25, 0.3) is 0 Å². The molecule has 0 aromatic heterocycles. The van der Waals surface area contributed by atoms with Crippen molar-refractivity contribution in [2.24, 2.45) is 4.99 Å². The molecule has 1 aliphatic heterocycles. The fraction of sp³-hybridized carbons (Fsp3) is 0.296. The van der Waals surface area contributed by atoms with E-state index in [1.807, 2.05) is 39.0 Å². The van der Waals surface area contributed by atoms with Crippen molar-refractivity contribution >= 4 is 27.5 Å². The first-order chi connectivity index (χ1) is 15.6. The van der Waals surface area contributed by atoms with Gasteiger partial charge in [0, 0.05) is 28.8 Å². The van der Waals surface area contributed by atoms with Crippen LogP contribution in [0.3, 0.4) is 0 Å². The normalized spacial score (nSPS) is 14.8. The summed E-state index contributed by atoms with van der Waals surface area (Å²) >= 11 is 3.63. The summed E-state index contributed by atoms with van der Waals surface area (Å²) in [5.74, 6) is 1.78. The Labute approximate surface area is 199 Å². The van der Waals surface area contributed by atoms with E-state index in [4.69, 9.17) is 9.73 Å². The molecule has 32 heavy (non-hydrogen) atoms. The average Bonchev–Trinajstić information content (AvgIpc) is 2.83. The van der Waals surface area contributed by atoms with Crippen molar-refractivity contribution in [1.29, 1.82) is 0 Å². The molecule has 1 aliphatic rings. The van der Waals surface area contributed by atoms with Gasteiger partial charge < -0.3 is 14.7 Å². The summed E-state index contributed by atoms with van der Waals surface area (Å²) in [5, 5.41) is 9.57. The molecule has 1 atom stereocenters. The predicted molar refractivity (Wildman–Crippen MR) is 136 cm³/mol. The van der Waals surface area contributed by atoms with Gasteiger partial charge in [-0.1, -0.05) is 60.1 Å². The van der Waals surface area contributed by atoms with Crippen LogP contribution in [0.1, 0.15) is 48.6 Å². The summed E-state index contributed by atoms with van der Waals surface area (Å²) in [6.45, 7) is 6.88. The Morgan fingerprint density at radius 1 is 1.03 bits per heavy atom. The van der Waals surface area contributed by atoms with Crippen LogP contribution in [0.5, 0.6) is 5.75 Å². The topological polar surface area (TPSA) is 45.1 Å². The lowest BCUT2D eigenvalue weighted by Gasteiger charge is -2.39. The number of ether oxygens (including phenoxy) is 1. The van der Waals surface area contributed by atoms with E-state index in [1.54, 1.807) is 7.11 Å². The minimum atomic E-state index is 0.0140. The number of benzene rings is 3.